The van der Waals surface area contributed by atoms with Gasteiger partial charge in [-0.2, -0.15) is 0 Å². The molecule has 1 aromatic rings. The molecular weight excluding hydrogens is 328 g/mol. The Labute approximate surface area is 156 Å². The Bertz CT molecular complexity index is 575. The third kappa shape index (κ3) is 3.22. The zero-order valence-corrected chi connectivity index (χ0v) is 15.8. The Balaban J connectivity index is 1.29. The molecule has 8 atom stereocenters. The van der Waals surface area contributed by atoms with Crippen LogP contribution in [0.2, 0.25) is 0 Å². The van der Waals surface area contributed by atoms with Gasteiger partial charge in [0.1, 0.15) is 0 Å². The van der Waals surface area contributed by atoms with E-state index in [1.54, 1.807) is 0 Å². The molecule has 2 aliphatic carbocycles. The molecule has 2 aliphatic heterocycles. The van der Waals surface area contributed by atoms with Crippen molar-refractivity contribution >= 4 is 0 Å². The van der Waals surface area contributed by atoms with E-state index in [2.05, 4.69) is 24.3 Å². The second-order valence-electron chi connectivity index (χ2n) is 8.55. The number of ether oxygens (including phenoxy) is 4. The SMILES string of the molecule is COC(c1ccc(C(OC)C2CCC3OC3C2)cc1)C1CCC2OC2C1. The van der Waals surface area contributed by atoms with E-state index in [1.807, 2.05) is 14.2 Å². The number of epoxide rings is 2. The second kappa shape index (κ2) is 6.90. The van der Waals surface area contributed by atoms with Gasteiger partial charge in [-0.3, -0.25) is 0 Å². The van der Waals surface area contributed by atoms with Crippen LogP contribution in [0.3, 0.4) is 0 Å². The molecule has 2 saturated carbocycles. The van der Waals surface area contributed by atoms with E-state index < -0.39 is 0 Å². The summed E-state index contributed by atoms with van der Waals surface area (Å²) < 4.78 is 23.2. The van der Waals surface area contributed by atoms with Crippen molar-refractivity contribution < 1.29 is 18.9 Å². The predicted molar refractivity (Wildman–Crippen MR) is 97.9 cm³/mol. The number of hydrogen-bond donors (Lipinski definition) is 0. The van der Waals surface area contributed by atoms with E-state index in [1.165, 1.54) is 36.8 Å². The van der Waals surface area contributed by atoms with Gasteiger partial charge in [-0.15, -0.1) is 0 Å². The molecule has 0 spiro atoms. The number of hydrogen-bond acceptors (Lipinski definition) is 4. The molecule has 4 heteroatoms. The van der Waals surface area contributed by atoms with Crippen molar-refractivity contribution in [1.29, 1.82) is 0 Å². The van der Waals surface area contributed by atoms with Crippen molar-refractivity contribution in [1.82, 2.24) is 0 Å². The molecule has 0 N–H and O–H groups in total. The lowest BCUT2D eigenvalue weighted by Crippen LogP contribution is -2.23. The quantitative estimate of drug-likeness (QED) is 0.715. The third-order valence-electron chi connectivity index (χ3n) is 7.05. The standard InChI is InChI=1S/C22H30O4/c1-23-21(15-7-9-17-19(11-15)25-17)13-3-5-14(6-4-13)22(24-2)16-8-10-18-20(12-16)26-18/h3-6,15-22H,7-12H2,1-2H3. The zero-order chi connectivity index (χ0) is 17.7. The molecule has 0 radical (unpaired) electrons. The third-order valence-corrected chi connectivity index (χ3v) is 7.05. The molecular formula is C22H30O4. The van der Waals surface area contributed by atoms with Crippen molar-refractivity contribution in [3.63, 3.8) is 0 Å². The topological polar surface area (TPSA) is 43.5 Å². The van der Waals surface area contributed by atoms with E-state index in [4.69, 9.17) is 18.9 Å². The fraction of sp³-hybridized carbons (Fsp3) is 0.727. The van der Waals surface area contributed by atoms with Gasteiger partial charge in [-0.05, 0) is 61.5 Å². The lowest BCUT2D eigenvalue weighted by Gasteiger charge is -2.30. The smallest absolute Gasteiger partial charge is 0.0850 e. The van der Waals surface area contributed by atoms with Crippen LogP contribution in [-0.2, 0) is 18.9 Å². The van der Waals surface area contributed by atoms with Crippen molar-refractivity contribution in [3.05, 3.63) is 35.4 Å². The second-order valence-corrected chi connectivity index (χ2v) is 8.55. The highest BCUT2D eigenvalue weighted by atomic mass is 16.6. The number of methoxy groups -OCH3 is 2. The first-order chi connectivity index (χ1) is 12.8. The molecule has 1 aromatic carbocycles. The lowest BCUT2D eigenvalue weighted by atomic mass is 9.81. The zero-order valence-electron chi connectivity index (χ0n) is 15.8. The van der Waals surface area contributed by atoms with Crippen LogP contribution >= 0.6 is 0 Å². The maximum atomic E-state index is 5.90. The van der Waals surface area contributed by atoms with Gasteiger partial charge in [0.05, 0.1) is 36.6 Å². The van der Waals surface area contributed by atoms with Crippen LogP contribution in [0.15, 0.2) is 24.3 Å². The van der Waals surface area contributed by atoms with Gasteiger partial charge in [-0.25, -0.2) is 0 Å². The fourth-order valence-corrected chi connectivity index (χ4v) is 5.50. The first-order valence-corrected chi connectivity index (χ1v) is 10.2. The summed E-state index contributed by atoms with van der Waals surface area (Å²) in [6.07, 6.45) is 9.45. The van der Waals surface area contributed by atoms with Crippen LogP contribution in [0.1, 0.15) is 61.9 Å². The van der Waals surface area contributed by atoms with Gasteiger partial charge < -0.3 is 18.9 Å². The van der Waals surface area contributed by atoms with Crippen LogP contribution < -0.4 is 0 Å². The van der Waals surface area contributed by atoms with Crippen molar-refractivity contribution in [2.45, 2.75) is 75.1 Å². The van der Waals surface area contributed by atoms with E-state index in [0.29, 0.717) is 36.3 Å². The average Bonchev–Trinajstić information content (AvgIpc) is 3.58. The summed E-state index contributed by atoms with van der Waals surface area (Å²) in [7, 11) is 3.68. The van der Waals surface area contributed by atoms with Gasteiger partial charge in [-0.1, -0.05) is 24.3 Å². The summed E-state index contributed by atoms with van der Waals surface area (Å²) >= 11 is 0. The molecule has 8 unspecified atom stereocenters. The number of rotatable bonds is 6. The summed E-state index contributed by atoms with van der Waals surface area (Å²) in [5.74, 6) is 1.13. The highest BCUT2D eigenvalue weighted by Crippen LogP contribution is 2.46. The Kier molecular flexibility index (Phi) is 4.56. The summed E-state index contributed by atoms with van der Waals surface area (Å²) in [4.78, 5) is 0. The molecule has 4 nitrogen and oxygen atoms in total. The highest BCUT2D eigenvalue weighted by Gasteiger charge is 2.47. The minimum atomic E-state index is 0.172. The Hall–Kier alpha value is -0.940. The highest BCUT2D eigenvalue weighted by molar-refractivity contribution is 5.27. The van der Waals surface area contributed by atoms with Gasteiger partial charge in [0, 0.05) is 14.2 Å². The van der Waals surface area contributed by atoms with Gasteiger partial charge in [0.2, 0.25) is 0 Å². The van der Waals surface area contributed by atoms with Gasteiger partial charge in [0.25, 0.3) is 0 Å². The van der Waals surface area contributed by atoms with Crippen LogP contribution in [0.25, 0.3) is 0 Å². The Morgan fingerprint density at radius 1 is 0.692 bits per heavy atom. The largest absolute Gasteiger partial charge is 0.376 e. The molecule has 2 heterocycles. The molecule has 4 fully saturated rings. The lowest BCUT2D eigenvalue weighted by molar-refractivity contribution is 0.0359. The Morgan fingerprint density at radius 2 is 1.12 bits per heavy atom. The fourth-order valence-electron chi connectivity index (χ4n) is 5.50. The average molecular weight is 358 g/mol. The van der Waals surface area contributed by atoms with E-state index in [9.17, 15) is 0 Å². The minimum absolute atomic E-state index is 0.172. The van der Waals surface area contributed by atoms with Crippen molar-refractivity contribution in [3.8, 4) is 0 Å². The van der Waals surface area contributed by atoms with Crippen LogP contribution in [0, 0.1) is 11.8 Å². The molecule has 0 amide bonds. The molecule has 2 saturated heterocycles. The van der Waals surface area contributed by atoms with E-state index >= 15 is 0 Å². The maximum Gasteiger partial charge on any atom is 0.0850 e. The maximum absolute atomic E-state index is 5.90. The summed E-state index contributed by atoms with van der Waals surface area (Å²) in [5, 5.41) is 0. The number of benzene rings is 1. The van der Waals surface area contributed by atoms with E-state index in [0.717, 1.165) is 12.8 Å². The predicted octanol–water partition coefficient (Wildman–Crippen LogP) is 4.20. The van der Waals surface area contributed by atoms with Crippen LogP contribution in [0.4, 0.5) is 0 Å². The normalized spacial score (nSPS) is 40.2. The molecule has 0 bridgehead atoms. The molecule has 5 rings (SSSR count). The first-order valence-electron chi connectivity index (χ1n) is 10.2. The summed E-state index contributed by atoms with van der Waals surface area (Å²) in [5.41, 5.74) is 2.56. The Morgan fingerprint density at radius 3 is 1.46 bits per heavy atom. The van der Waals surface area contributed by atoms with Crippen LogP contribution in [0.5, 0.6) is 0 Å². The van der Waals surface area contributed by atoms with E-state index in [-0.39, 0.29) is 12.2 Å². The van der Waals surface area contributed by atoms with Gasteiger partial charge >= 0.3 is 0 Å². The van der Waals surface area contributed by atoms with Crippen molar-refractivity contribution in [2.75, 3.05) is 14.2 Å². The molecule has 0 aromatic heterocycles. The molecule has 4 aliphatic rings. The first kappa shape index (κ1) is 17.2. The molecule has 26 heavy (non-hydrogen) atoms. The van der Waals surface area contributed by atoms with Gasteiger partial charge in [0.15, 0.2) is 0 Å². The monoisotopic (exact) mass is 358 g/mol. The number of fused-ring (bicyclic) bond motifs is 2. The molecule has 142 valence electrons. The van der Waals surface area contributed by atoms with Crippen LogP contribution in [-0.4, -0.2) is 38.6 Å². The van der Waals surface area contributed by atoms with Crippen molar-refractivity contribution in [2.24, 2.45) is 11.8 Å². The minimum Gasteiger partial charge on any atom is -0.376 e. The summed E-state index contributed by atoms with van der Waals surface area (Å²) in [6.45, 7) is 0. The summed E-state index contributed by atoms with van der Waals surface area (Å²) in [6, 6.07) is 8.98.